The Hall–Kier alpha value is -5.82. The second-order valence-corrected chi connectivity index (χ2v) is 22.5. The molecule has 71 heavy (non-hydrogen) atoms. The highest BCUT2D eigenvalue weighted by atomic mass is 32.2. The second kappa shape index (κ2) is 28.3. The molecular weight excluding hydrogens is 951 g/mol. The lowest BCUT2D eigenvalue weighted by atomic mass is 10.0. The smallest absolute Gasteiger partial charge is 0.294 e. The molecule has 0 amide bonds. The fourth-order valence-corrected chi connectivity index (χ4v) is 9.48. The van der Waals surface area contributed by atoms with Crippen LogP contribution in [0.15, 0.2) is 155 Å². The molecule has 1 fully saturated rings. The normalized spacial score (nSPS) is 14.7. The summed E-state index contributed by atoms with van der Waals surface area (Å²) in [6.45, 7) is 3.14. The summed E-state index contributed by atoms with van der Waals surface area (Å²) in [6.07, 6.45) is 2.97. The summed E-state index contributed by atoms with van der Waals surface area (Å²) in [5.41, 5.74) is 5.06. The van der Waals surface area contributed by atoms with Gasteiger partial charge in [0.2, 0.25) is 0 Å². The van der Waals surface area contributed by atoms with E-state index in [0.29, 0.717) is 16.3 Å². The minimum atomic E-state index is -3.04. The maximum Gasteiger partial charge on any atom is 0.294 e. The van der Waals surface area contributed by atoms with E-state index in [1.165, 1.54) is 65.2 Å². The quantitative estimate of drug-likeness (QED) is 0.0809. The van der Waals surface area contributed by atoms with E-state index in [0.717, 1.165) is 49.5 Å². The predicted molar refractivity (Wildman–Crippen MR) is 307 cm³/mol. The molecule has 0 radical (unpaired) electrons. The van der Waals surface area contributed by atoms with Gasteiger partial charge in [-0.15, -0.1) is 6.54 Å². The number of sulfonamides is 1. The van der Waals surface area contributed by atoms with Gasteiger partial charge in [0, 0.05) is 79.5 Å². The van der Waals surface area contributed by atoms with E-state index in [9.17, 15) is 21.6 Å². The SMILES string of the molecule is C.C=S(=O)([N-]C)c1cccc2ccccc12.C=S(=O)([N-]C)c1ccccc1.CN(C)c1cccc2c(CN3CCCC3OC=O)cccc12.C[N-]Cc1cccc2c(N(C)C)cccc12.C[N-]S(C)(=O)=O. The Morgan fingerprint density at radius 3 is 1.59 bits per heavy atom. The molecule has 384 valence electrons. The number of benzene rings is 7. The average molecular weight is 1020 g/mol. The van der Waals surface area contributed by atoms with Crippen LogP contribution in [-0.4, -0.2) is 115 Å². The zero-order valence-electron chi connectivity index (χ0n) is 41.8. The van der Waals surface area contributed by atoms with Gasteiger partial charge in [-0.3, -0.25) is 18.1 Å². The van der Waals surface area contributed by atoms with Gasteiger partial charge >= 0.3 is 0 Å². The molecule has 13 nitrogen and oxygen atoms in total. The van der Waals surface area contributed by atoms with Gasteiger partial charge in [-0.05, 0) is 70.3 Å². The summed E-state index contributed by atoms with van der Waals surface area (Å²) in [4.78, 5) is 18.6. The van der Waals surface area contributed by atoms with E-state index in [4.69, 9.17) is 4.74 Å². The minimum Gasteiger partial charge on any atom is -0.661 e. The van der Waals surface area contributed by atoms with Crippen molar-refractivity contribution in [2.75, 3.05) is 79.0 Å². The fraction of sp³-hybridized carbons (Fsp3) is 0.291. The summed E-state index contributed by atoms with van der Waals surface area (Å²) in [5.74, 6) is 7.19. The van der Waals surface area contributed by atoms with Crippen LogP contribution in [0.3, 0.4) is 0 Å². The molecule has 0 aliphatic carbocycles. The van der Waals surface area contributed by atoms with Crippen molar-refractivity contribution >= 4 is 91.3 Å². The maximum absolute atomic E-state index is 12.1. The lowest BCUT2D eigenvalue weighted by molar-refractivity contribution is -0.141. The number of carbonyl (C=O) groups is 1. The Morgan fingerprint density at radius 1 is 0.606 bits per heavy atom. The van der Waals surface area contributed by atoms with Crippen LogP contribution in [0.1, 0.15) is 31.4 Å². The topological polar surface area (TPSA) is 161 Å². The summed E-state index contributed by atoms with van der Waals surface area (Å²) in [7, 11) is 6.53. The van der Waals surface area contributed by atoms with Gasteiger partial charge in [0.25, 0.3) is 6.47 Å². The summed E-state index contributed by atoms with van der Waals surface area (Å²) in [6, 6.07) is 48.3. The van der Waals surface area contributed by atoms with Crippen molar-refractivity contribution in [2.45, 2.75) is 49.4 Å². The van der Waals surface area contributed by atoms with E-state index >= 15 is 0 Å². The Morgan fingerprint density at radius 2 is 1.07 bits per heavy atom. The zero-order chi connectivity index (χ0) is 51.5. The van der Waals surface area contributed by atoms with E-state index < -0.39 is 29.4 Å². The van der Waals surface area contributed by atoms with E-state index in [2.05, 4.69) is 147 Å². The molecule has 3 unspecified atom stereocenters. The van der Waals surface area contributed by atoms with Gasteiger partial charge in [-0.2, -0.15) is 28.2 Å². The molecule has 7 aromatic carbocycles. The minimum absolute atomic E-state index is 0. The van der Waals surface area contributed by atoms with Crippen LogP contribution in [-0.2, 0) is 52.1 Å². The van der Waals surface area contributed by atoms with Crippen molar-refractivity contribution in [3.63, 3.8) is 0 Å². The Bertz CT molecular complexity index is 3110. The largest absolute Gasteiger partial charge is 0.661 e. The molecule has 1 aliphatic heterocycles. The first-order valence-corrected chi connectivity index (χ1v) is 27.6. The number of ether oxygens (including phenoxy) is 1. The van der Waals surface area contributed by atoms with Crippen molar-refractivity contribution in [3.05, 3.63) is 176 Å². The number of fused-ring (bicyclic) bond motifs is 3. The molecule has 0 saturated carbocycles. The third kappa shape index (κ3) is 17.2. The standard InChI is InChI=1S/C18H22N2O2.C14H17N2.C12H12NOS.C8H10NOS.C2H6NO2S.CH4/c1-19(2)17-9-4-7-15-14(6-3-8-16(15)17)12-20-11-5-10-18(20)22-13-21;1-15-10-11-6-4-8-13-12(11)7-5-9-14(13)16(2)3;1-13-15(2,14)12-9-5-7-10-6-3-4-8-11(10)12;1-9-11(2,10)8-6-4-3-5-7-8;1-3-6(2,4)5;/h3-4,6-9,13,18H,5,10-12H2,1-2H3;4-9H,10H2,1-3H3;3-9H,2H2,1H3;3-7H,2H2,1H3;1-2H3;1H4/q;4*-1;. The molecule has 0 N–H and O–H groups in total. The first-order chi connectivity index (χ1) is 33.3. The molecular formula is C55H71N7O6S3-4. The fourth-order valence-electron chi connectivity index (χ4n) is 7.67. The number of likely N-dealkylation sites (tertiary alicyclic amines) is 1. The van der Waals surface area contributed by atoms with E-state index in [1.807, 2.05) is 67.7 Å². The number of nitrogens with zero attached hydrogens (tertiary/aromatic N) is 7. The van der Waals surface area contributed by atoms with Gasteiger partial charge in [-0.25, -0.2) is 8.42 Å². The van der Waals surface area contributed by atoms with Gasteiger partial charge in [0.05, 0.1) is 10.0 Å². The molecule has 0 spiro atoms. The number of hydrogen-bond donors (Lipinski definition) is 0. The van der Waals surface area contributed by atoms with Crippen LogP contribution in [0.5, 0.6) is 0 Å². The highest BCUT2D eigenvalue weighted by molar-refractivity contribution is 8.03. The van der Waals surface area contributed by atoms with Gasteiger partial charge in [0.15, 0.2) is 6.23 Å². The average Bonchev–Trinajstić information content (AvgIpc) is 3.80. The molecule has 7 aromatic rings. The molecule has 16 heteroatoms. The number of anilines is 2. The van der Waals surface area contributed by atoms with Crippen LogP contribution in [0.4, 0.5) is 11.4 Å². The summed E-state index contributed by atoms with van der Waals surface area (Å²) >= 11 is 0. The Labute approximate surface area is 424 Å². The van der Waals surface area contributed by atoms with Crippen LogP contribution in [0.2, 0.25) is 0 Å². The van der Waals surface area contributed by atoms with E-state index in [-0.39, 0.29) is 13.7 Å². The zero-order valence-corrected chi connectivity index (χ0v) is 44.2. The van der Waals surface area contributed by atoms with Gasteiger partial charge < -0.3 is 34.0 Å². The van der Waals surface area contributed by atoms with Gasteiger partial charge in [0.1, 0.15) is 0 Å². The predicted octanol–water partition coefficient (Wildman–Crippen LogP) is 11.5. The highest BCUT2D eigenvalue weighted by Gasteiger charge is 2.26. The van der Waals surface area contributed by atoms with Crippen molar-refractivity contribution < 1.29 is 26.4 Å². The molecule has 0 bridgehead atoms. The first kappa shape index (κ1) is 59.5. The van der Waals surface area contributed by atoms with Crippen molar-refractivity contribution in [1.29, 1.82) is 0 Å². The van der Waals surface area contributed by atoms with Crippen LogP contribution in [0, 0.1) is 0 Å². The number of hydrogen-bond acceptors (Lipinski definition) is 9. The monoisotopic (exact) mass is 1020 g/mol. The molecule has 8 rings (SSSR count). The number of carbonyl (C=O) groups excluding carboxylic acids is 1. The Kier molecular flexibility index (Phi) is 23.7. The molecule has 1 heterocycles. The number of rotatable bonds is 13. The molecule has 0 aromatic heterocycles. The van der Waals surface area contributed by atoms with Crippen LogP contribution in [0.25, 0.3) is 51.8 Å². The Balaban J connectivity index is 0.000000245. The van der Waals surface area contributed by atoms with Crippen molar-refractivity contribution in [3.8, 4) is 0 Å². The lowest BCUT2D eigenvalue weighted by Gasteiger charge is -2.24. The molecule has 1 aliphatic rings. The summed E-state index contributed by atoms with van der Waals surface area (Å²) in [5, 5.41) is 11.4. The highest BCUT2D eigenvalue weighted by Crippen LogP contribution is 2.31. The molecule has 3 atom stereocenters. The third-order valence-electron chi connectivity index (χ3n) is 11.3. The van der Waals surface area contributed by atoms with Crippen molar-refractivity contribution in [1.82, 2.24) is 4.90 Å². The third-order valence-corrected chi connectivity index (χ3v) is 15.2. The van der Waals surface area contributed by atoms with Gasteiger partial charge in [-0.1, -0.05) is 159 Å². The van der Waals surface area contributed by atoms with Crippen LogP contribution < -0.4 is 9.80 Å². The summed E-state index contributed by atoms with van der Waals surface area (Å²) < 4.78 is 59.0. The second-order valence-electron chi connectivity index (χ2n) is 16.5. The first-order valence-electron chi connectivity index (χ1n) is 22.4. The van der Waals surface area contributed by atoms with Crippen molar-refractivity contribution in [2.24, 2.45) is 0 Å². The van der Waals surface area contributed by atoms with E-state index in [1.54, 1.807) is 12.1 Å². The lowest BCUT2D eigenvalue weighted by Crippen LogP contribution is -2.30. The van der Waals surface area contributed by atoms with Crippen LogP contribution >= 0.6 is 0 Å². The maximum atomic E-state index is 12.1. The molecule has 1 saturated heterocycles.